The van der Waals surface area contributed by atoms with Gasteiger partial charge in [0.05, 0.1) is 24.0 Å². The highest BCUT2D eigenvalue weighted by molar-refractivity contribution is 6.05. The van der Waals surface area contributed by atoms with Gasteiger partial charge in [0.25, 0.3) is 5.56 Å². The number of H-pyrrole nitrogens is 1. The molecule has 0 saturated heterocycles. The summed E-state index contributed by atoms with van der Waals surface area (Å²) >= 11 is 0. The van der Waals surface area contributed by atoms with Crippen LogP contribution in [0.1, 0.15) is 5.56 Å². The minimum Gasteiger partial charge on any atom is -0.486 e. The van der Waals surface area contributed by atoms with Crippen molar-refractivity contribution < 1.29 is 9.47 Å². The molecule has 4 N–H and O–H groups in total. The molecule has 10 nitrogen and oxygen atoms in total. The van der Waals surface area contributed by atoms with E-state index in [4.69, 9.17) is 15.2 Å². The zero-order chi connectivity index (χ0) is 23.1. The van der Waals surface area contributed by atoms with E-state index in [1.807, 2.05) is 54.6 Å². The molecule has 170 valence electrons. The summed E-state index contributed by atoms with van der Waals surface area (Å²) in [4.78, 5) is 22.5. The SMILES string of the molecule is Nc1n[nH]c2c1c(=O)n(Cc1ccccc1)c1nc(NCC3COc4ccccc4O3)ncc21. The van der Waals surface area contributed by atoms with Gasteiger partial charge >= 0.3 is 0 Å². The molecule has 0 spiro atoms. The first-order chi connectivity index (χ1) is 16.7. The lowest BCUT2D eigenvalue weighted by Crippen LogP contribution is -2.35. The number of ether oxygens (including phenoxy) is 2. The lowest BCUT2D eigenvalue weighted by molar-refractivity contribution is 0.0996. The molecule has 1 aliphatic rings. The van der Waals surface area contributed by atoms with E-state index in [-0.39, 0.29) is 17.5 Å². The number of pyridine rings is 1. The molecular formula is C24H21N7O3. The van der Waals surface area contributed by atoms with Gasteiger partial charge in [-0.3, -0.25) is 14.5 Å². The fourth-order valence-electron chi connectivity index (χ4n) is 4.12. The maximum atomic E-state index is 13.4. The molecule has 2 aromatic carbocycles. The maximum absolute atomic E-state index is 13.4. The molecule has 10 heteroatoms. The number of benzene rings is 2. The van der Waals surface area contributed by atoms with Crippen molar-refractivity contribution in [1.82, 2.24) is 24.7 Å². The van der Waals surface area contributed by atoms with Crippen LogP contribution < -0.4 is 26.1 Å². The van der Waals surface area contributed by atoms with Crippen LogP contribution in [0, 0.1) is 0 Å². The number of hydrogen-bond acceptors (Lipinski definition) is 8. The highest BCUT2D eigenvalue weighted by Gasteiger charge is 2.22. The molecule has 0 bridgehead atoms. The number of anilines is 2. The Bertz CT molecular complexity index is 1560. The van der Waals surface area contributed by atoms with E-state index in [0.717, 1.165) is 11.3 Å². The molecule has 34 heavy (non-hydrogen) atoms. The van der Waals surface area contributed by atoms with Gasteiger partial charge in [-0.1, -0.05) is 42.5 Å². The van der Waals surface area contributed by atoms with Gasteiger partial charge in [-0.2, -0.15) is 10.1 Å². The zero-order valence-corrected chi connectivity index (χ0v) is 18.1. The lowest BCUT2D eigenvalue weighted by Gasteiger charge is -2.26. The van der Waals surface area contributed by atoms with Crippen LogP contribution in [0.3, 0.4) is 0 Å². The number of aromatic amines is 1. The fourth-order valence-corrected chi connectivity index (χ4v) is 4.12. The number of nitrogen functional groups attached to an aromatic ring is 1. The first-order valence-corrected chi connectivity index (χ1v) is 10.9. The number of para-hydroxylation sites is 2. The van der Waals surface area contributed by atoms with Gasteiger partial charge in [0.1, 0.15) is 18.1 Å². The van der Waals surface area contributed by atoms with Crippen molar-refractivity contribution in [2.75, 3.05) is 24.2 Å². The van der Waals surface area contributed by atoms with Crippen LogP contribution in [-0.4, -0.2) is 44.0 Å². The van der Waals surface area contributed by atoms with Crippen LogP contribution in [0.25, 0.3) is 21.9 Å². The molecule has 0 aliphatic carbocycles. The zero-order valence-electron chi connectivity index (χ0n) is 18.1. The Morgan fingerprint density at radius 3 is 2.76 bits per heavy atom. The molecule has 6 rings (SSSR count). The largest absolute Gasteiger partial charge is 0.486 e. The molecule has 1 unspecified atom stereocenters. The first-order valence-electron chi connectivity index (χ1n) is 10.9. The average molecular weight is 455 g/mol. The Hall–Kier alpha value is -4.60. The smallest absolute Gasteiger partial charge is 0.265 e. The second-order valence-electron chi connectivity index (χ2n) is 8.05. The van der Waals surface area contributed by atoms with Gasteiger partial charge in [-0.05, 0) is 17.7 Å². The van der Waals surface area contributed by atoms with Crippen LogP contribution in [0.2, 0.25) is 0 Å². The molecule has 0 amide bonds. The number of nitrogens with zero attached hydrogens (tertiary/aromatic N) is 4. The molecule has 3 aromatic heterocycles. The van der Waals surface area contributed by atoms with Crippen molar-refractivity contribution in [2.24, 2.45) is 0 Å². The number of aromatic nitrogens is 5. The Morgan fingerprint density at radius 2 is 1.91 bits per heavy atom. The van der Waals surface area contributed by atoms with Crippen LogP contribution in [0.5, 0.6) is 11.5 Å². The average Bonchev–Trinajstić information content (AvgIpc) is 3.27. The van der Waals surface area contributed by atoms with E-state index in [1.165, 1.54) is 0 Å². The van der Waals surface area contributed by atoms with E-state index in [9.17, 15) is 4.79 Å². The Kier molecular flexibility index (Phi) is 4.76. The summed E-state index contributed by atoms with van der Waals surface area (Å²) in [6.07, 6.45) is 1.45. The Morgan fingerprint density at radius 1 is 1.12 bits per heavy atom. The van der Waals surface area contributed by atoms with Gasteiger partial charge < -0.3 is 20.5 Å². The summed E-state index contributed by atoms with van der Waals surface area (Å²) in [5.74, 6) is 1.97. The van der Waals surface area contributed by atoms with Crippen molar-refractivity contribution in [3.63, 3.8) is 0 Å². The Labute approximate surface area is 193 Å². The fraction of sp³-hybridized carbons (Fsp3) is 0.167. The second kappa shape index (κ2) is 8.07. The normalized spacial score (nSPS) is 15.0. The standard InChI is InChI=1S/C24H21N7O3/c25-21-19-20(29-30-21)16-11-27-24(26-10-15-13-33-17-8-4-5-9-18(17)34-15)28-22(16)31(23(19)32)12-14-6-2-1-3-7-14/h1-9,11,15H,10,12-13H2,(H3,25,29,30)(H,26,27,28). The molecule has 1 atom stereocenters. The van der Waals surface area contributed by atoms with Crippen molar-refractivity contribution in [2.45, 2.75) is 12.6 Å². The predicted octanol–water partition coefficient (Wildman–Crippen LogP) is 2.55. The monoisotopic (exact) mass is 455 g/mol. The number of nitrogens with two attached hydrogens (primary N) is 1. The molecule has 1 aliphatic heterocycles. The van der Waals surface area contributed by atoms with Gasteiger partial charge in [0.15, 0.2) is 23.0 Å². The quantitative estimate of drug-likeness (QED) is 0.368. The predicted molar refractivity (Wildman–Crippen MR) is 128 cm³/mol. The summed E-state index contributed by atoms with van der Waals surface area (Å²) < 4.78 is 13.4. The maximum Gasteiger partial charge on any atom is 0.265 e. The van der Waals surface area contributed by atoms with Crippen LogP contribution in [0.15, 0.2) is 65.6 Å². The van der Waals surface area contributed by atoms with Crippen molar-refractivity contribution in [1.29, 1.82) is 0 Å². The van der Waals surface area contributed by atoms with Gasteiger partial charge in [0.2, 0.25) is 5.95 Å². The molecule has 5 aromatic rings. The van der Waals surface area contributed by atoms with Crippen molar-refractivity contribution in [3.05, 3.63) is 76.7 Å². The van der Waals surface area contributed by atoms with Crippen molar-refractivity contribution in [3.8, 4) is 11.5 Å². The van der Waals surface area contributed by atoms with E-state index >= 15 is 0 Å². The van der Waals surface area contributed by atoms with Gasteiger partial charge in [-0.25, -0.2) is 4.98 Å². The Balaban J connectivity index is 1.35. The number of nitrogens with one attached hydrogen (secondary N) is 2. The number of fused-ring (bicyclic) bond motifs is 4. The van der Waals surface area contributed by atoms with Crippen LogP contribution in [-0.2, 0) is 6.54 Å². The summed E-state index contributed by atoms with van der Waals surface area (Å²) in [7, 11) is 0. The third kappa shape index (κ3) is 3.45. The third-order valence-corrected chi connectivity index (χ3v) is 5.79. The summed E-state index contributed by atoms with van der Waals surface area (Å²) in [6.45, 7) is 1.18. The van der Waals surface area contributed by atoms with E-state index in [0.29, 0.717) is 53.3 Å². The van der Waals surface area contributed by atoms with Crippen molar-refractivity contribution >= 4 is 33.7 Å². The second-order valence-corrected chi connectivity index (χ2v) is 8.05. The lowest BCUT2D eigenvalue weighted by atomic mass is 10.2. The molecule has 4 heterocycles. The molecule has 0 radical (unpaired) electrons. The molecule has 0 fully saturated rings. The molecule has 0 saturated carbocycles. The highest BCUT2D eigenvalue weighted by atomic mass is 16.6. The highest BCUT2D eigenvalue weighted by Crippen LogP contribution is 2.31. The minimum atomic E-state index is -0.261. The van der Waals surface area contributed by atoms with E-state index in [2.05, 4.69) is 25.5 Å². The number of rotatable bonds is 5. The first kappa shape index (κ1) is 20.0. The minimum absolute atomic E-state index is 0.153. The van der Waals surface area contributed by atoms with Gasteiger partial charge in [-0.15, -0.1) is 0 Å². The summed E-state index contributed by atoms with van der Waals surface area (Å²) in [5, 5.41) is 11.1. The van der Waals surface area contributed by atoms with Crippen LogP contribution in [0.4, 0.5) is 11.8 Å². The summed E-state index contributed by atoms with van der Waals surface area (Å²) in [5.41, 5.74) is 7.70. The number of hydrogen-bond donors (Lipinski definition) is 3. The molecular weight excluding hydrogens is 434 g/mol. The van der Waals surface area contributed by atoms with Gasteiger partial charge in [0, 0.05) is 6.20 Å². The van der Waals surface area contributed by atoms with E-state index in [1.54, 1.807) is 10.8 Å². The third-order valence-electron chi connectivity index (χ3n) is 5.79. The summed E-state index contributed by atoms with van der Waals surface area (Å²) in [6, 6.07) is 17.3. The van der Waals surface area contributed by atoms with Crippen LogP contribution >= 0.6 is 0 Å². The topological polar surface area (TPSA) is 133 Å². The van der Waals surface area contributed by atoms with E-state index < -0.39 is 0 Å².